The summed E-state index contributed by atoms with van der Waals surface area (Å²) in [6.45, 7) is 5.69. The number of benzene rings is 2. The van der Waals surface area contributed by atoms with Gasteiger partial charge < -0.3 is 14.2 Å². The number of rotatable bonds is 7. The number of para-hydroxylation sites is 1. The summed E-state index contributed by atoms with van der Waals surface area (Å²) in [5, 5.41) is 14.5. The lowest BCUT2D eigenvalue weighted by Gasteiger charge is -2.29. The highest BCUT2D eigenvalue weighted by Gasteiger charge is 2.31. The van der Waals surface area contributed by atoms with Crippen molar-refractivity contribution >= 4 is 28.3 Å². The highest BCUT2D eigenvalue weighted by Crippen LogP contribution is 2.35. The molecule has 7 nitrogen and oxygen atoms in total. The first-order valence-electron chi connectivity index (χ1n) is 10.5. The van der Waals surface area contributed by atoms with Crippen molar-refractivity contribution in [2.24, 2.45) is 0 Å². The van der Waals surface area contributed by atoms with Crippen LogP contribution in [0.1, 0.15) is 48.6 Å². The molecule has 0 saturated heterocycles. The van der Waals surface area contributed by atoms with Crippen molar-refractivity contribution in [2.45, 2.75) is 38.0 Å². The molecule has 8 heteroatoms. The topological polar surface area (TPSA) is 111 Å². The fourth-order valence-corrected chi connectivity index (χ4v) is 4.36. The van der Waals surface area contributed by atoms with Crippen LogP contribution in [0.25, 0.3) is 22.2 Å². The fraction of sp³-hybridized carbons (Fsp3) is 0.240. The number of carboxylic acids is 1. The number of aromatic carboxylic acids is 1. The molecule has 2 atom stereocenters. The second-order valence-corrected chi connectivity index (χ2v) is 10.7. The molecule has 0 spiro atoms. The van der Waals surface area contributed by atoms with Gasteiger partial charge >= 0.3 is 5.97 Å². The number of aromatic nitrogens is 2. The van der Waals surface area contributed by atoms with Crippen molar-refractivity contribution in [3.8, 4) is 11.3 Å². The molecular weight excluding hydrogens is 438 g/mol. The summed E-state index contributed by atoms with van der Waals surface area (Å²) in [4.78, 5) is 15.7. The Hall–Kier alpha value is -3.20. The van der Waals surface area contributed by atoms with E-state index in [1.165, 1.54) is 6.07 Å². The lowest BCUT2D eigenvalue weighted by Crippen LogP contribution is -2.42. The van der Waals surface area contributed by atoms with E-state index in [4.69, 9.17) is 4.52 Å². The van der Waals surface area contributed by atoms with Crippen molar-refractivity contribution in [2.75, 3.05) is 0 Å². The van der Waals surface area contributed by atoms with Gasteiger partial charge in [0.2, 0.25) is 0 Å². The fourth-order valence-electron chi connectivity index (χ4n) is 3.54. The van der Waals surface area contributed by atoms with Gasteiger partial charge in [-0.3, -0.25) is 0 Å². The van der Waals surface area contributed by atoms with Crippen LogP contribution in [0.4, 0.5) is 0 Å². The maximum Gasteiger partial charge on any atom is 0.354 e. The molecular formula is C25H25N3O4S. The second kappa shape index (κ2) is 9.35. The minimum Gasteiger partial charge on any atom is -0.598 e. The van der Waals surface area contributed by atoms with Crippen molar-refractivity contribution < 1.29 is 19.0 Å². The van der Waals surface area contributed by atoms with E-state index in [0.29, 0.717) is 23.4 Å². The Kier molecular flexibility index (Phi) is 6.51. The molecule has 0 saturated carbocycles. The van der Waals surface area contributed by atoms with E-state index >= 15 is 0 Å². The van der Waals surface area contributed by atoms with Gasteiger partial charge in [0.25, 0.3) is 0 Å². The van der Waals surface area contributed by atoms with Gasteiger partial charge in [0.1, 0.15) is 16.1 Å². The van der Waals surface area contributed by atoms with Crippen LogP contribution < -0.4 is 4.72 Å². The van der Waals surface area contributed by atoms with E-state index < -0.39 is 28.1 Å². The number of hydrogen-bond donors (Lipinski definition) is 2. The Balaban J connectivity index is 1.79. The second-order valence-electron chi connectivity index (χ2n) is 8.69. The van der Waals surface area contributed by atoms with E-state index in [9.17, 15) is 14.5 Å². The van der Waals surface area contributed by atoms with Gasteiger partial charge in [-0.2, -0.15) is 0 Å². The third-order valence-electron chi connectivity index (χ3n) is 5.21. The molecule has 2 aromatic heterocycles. The maximum absolute atomic E-state index is 13.1. The zero-order valence-electron chi connectivity index (χ0n) is 18.6. The lowest BCUT2D eigenvalue weighted by molar-refractivity contribution is 0.0690. The average molecular weight is 464 g/mol. The van der Waals surface area contributed by atoms with Crippen LogP contribution in [0, 0.1) is 0 Å². The molecule has 4 rings (SSSR count). The Morgan fingerprint density at radius 3 is 2.58 bits per heavy atom. The molecule has 0 radical (unpaired) electrons. The highest BCUT2D eigenvalue weighted by atomic mass is 32.2. The minimum atomic E-state index is -1.38. The van der Waals surface area contributed by atoms with Crippen LogP contribution in [0.15, 0.2) is 71.3 Å². The molecule has 33 heavy (non-hydrogen) atoms. The SMILES string of the molecule is CC(C)(C)[S@+]([O-])NC(Cc1cccc(C(=O)O)n1)c1ccccc1-c1noc2ccccc12. The molecule has 2 aromatic carbocycles. The molecule has 1 unspecified atom stereocenters. The third kappa shape index (κ3) is 5.08. The summed E-state index contributed by atoms with van der Waals surface area (Å²) in [7, 11) is 0. The van der Waals surface area contributed by atoms with Crippen molar-refractivity contribution in [1.29, 1.82) is 0 Å². The van der Waals surface area contributed by atoms with Gasteiger partial charge in [-0.15, -0.1) is 4.72 Å². The Morgan fingerprint density at radius 2 is 1.82 bits per heavy atom. The smallest absolute Gasteiger partial charge is 0.354 e. The molecule has 4 aromatic rings. The first kappa shape index (κ1) is 23.0. The van der Waals surface area contributed by atoms with Crippen LogP contribution in [0.5, 0.6) is 0 Å². The molecule has 0 aliphatic heterocycles. The number of pyridine rings is 1. The van der Waals surface area contributed by atoms with E-state index in [1.54, 1.807) is 12.1 Å². The minimum absolute atomic E-state index is 0.0287. The molecule has 2 heterocycles. The van der Waals surface area contributed by atoms with E-state index in [-0.39, 0.29) is 5.69 Å². The molecule has 2 N–H and O–H groups in total. The number of carboxylic acid groups (broad SMARTS) is 1. The quantitative estimate of drug-likeness (QED) is 0.374. The molecule has 0 fully saturated rings. The summed E-state index contributed by atoms with van der Waals surface area (Å²) in [6.07, 6.45) is 0.343. The van der Waals surface area contributed by atoms with Gasteiger partial charge in [-0.05, 0) is 50.6 Å². The summed E-state index contributed by atoms with van der Waals surface area (Å²) < 4.78 is 21.4. The van der Waals surface area contributed by atoms with Crippen LogP contribution >= 0.6 is 0 Å². The lowest BCUT2D eigenvalue weighted by atomic mass is 9.94. The van der Waals surface area contributed by atoms with Gasteiger partial charge in [0, 0.05) is 34.4 Å². The van der Waals surface area contributed by atoms with E-state index in [1.807, 2.05) is 69.3 Å². The van der Waals surface area contributed by atoms with Gasteiger partial charge in [-0.1, -0.05) is 47.6 Å². The summed E-state index contributed by atoms with van der Waals surface area (Å²) >= 11 is -1.38. The molecule has 0 aliphatic rings. The number of carbonyl (C=O) groups is 1. The first-order valence-corrected chi connectivity index (χ1v) is 11.7. The molecule has 0 aliphatic carbocycles. The zero-order valence-corrected chi connectivity index (χ0v) is 19.4. The van der Waals surface area contributed by atoms with Gasteiger partial charge in [0.15, 0.2) is 5.58 Å². The van der Waals surface area contributed by atoms with Crippen LogP contribution in [-0.2, 0) is 17.8 Å². The maximum atomic E-state index is 13.1. The van der Waals surface area contributed by atoms with Crippen molar-refractivity contribution in [3.05, 3.63) is 83.7 Å². The first-order chi connectivity index (χ1) is 15.7. The standard InChI is InChI=1S/C25H25N3O4S/c1-25(2,3)33(31)28-21(15-16-9-8-13-20(26-16)24(29)30)17-10-4-5-11-18(17)23-19-12-6-7-14-22(19)32-27-23/h4-14,21,28H,15H2,1-3H3,(H,29,30)/t21?,33-/m0/s1. The van der Waals surface area contributed by atoms with Crippen LogP contribution in [0.3, 0.4) is 0 Å². The largest absolute Gasteiger partial charge is 0.598 e. The van der Waals surface area contributed by atoms with E-state index in [0.717, 1.165) is 16.5 Å². The monoisotopic (exact) mass is 463 g/mol. The Morgan fingerprint density at radius 1 is 1.09 bits per heavy atom. The molecule has 0 amide bonds. The average Bonchev–Trinajstić information content (AvgIpc) is 3.22. The highest BCUT2D eigenvalue weighted by molar-refractivity contribution is 7.90. The summed E-state index contributed by atoms with van der Waals surface area (Å²) in [5.74, 6) is -1.09. The molecule has 170 valence electrons. The molecule has 0 bridgehead atoms. The normalized spacial score (nSPS) is 13.7. The van der Waals surface area contributed by atoms with Crippen molar-refractivity contribution in [3.63, 3.8) is 0 Å². The number of fused-ring (bicyclic) bond motifs is 1. The number of nitrogens with zero attached hydrogens (tertiary/aromatic N) is 2. The Labute approximate surface area is 195 Å². The Bertz CT molecular complexity index is 1280. The zero-order chi connectivity index (χ0) is 23.6. The van der Waals surface area contributed by atoms with Crippen LogP contribution in [0.2, 0.25) is 0 Å². The number of hydrogen-bond acceptors (Lipinski definition) is 6. The summed E-state index contributed by atoms with van der Waals surface area (Å²) in [6, 6.07) is 19.9. The van der Waals surface area contributed by atoms with Gasteiger partial charge in [0.05, 0.1) is 6.04 Å². The van der Waals surface area contributed by atoms with Gasteiger partial charge in [-0.25, -0.2) is 9.78 Å². The predicted octanol–water partition coefficient (Wildman–Crippen LogP) is 4.92. The number of nitrogens with one attached hydrogen (secondary N) is 1. The third-order valence-corrected chi connectivity index (χ3v) is 6.82. The predicted molar refractivity (Wildman–Crippen MR) is 128 cm³/mol. The van der Waals surface area contributed by atoms with E-state index in [2.05, 4.69) is 14.9 Å². The van der Waals surface area contributed by atoms with Crippen molar-refractivity contribution in [1.82, 2.24) is 14.9 Å². The van der Waals surface area contributed by atoms with Crippen LogP contribution in [-0.4, -0.2) is 30.5 Å². The summed E-state index contributed by atoms with van der Waals surface area (Å²) in [5.41, 5.74) is 3.65.